The van der Waals surface area contributed by atoms with Gasteiger partial charge in [-0.05, 0) is 30.2 Å². The van der Waals surface area contributed by atoms with E-state index in [1.54, 1.807) is 6.92 Å². The number of hydrogen-bond donors (Lipinski definition) is 1. The van der Waals surface area contributed by atoms with E-state index >= 15 is 0 Å². The summed E-state index contributed by atoms with van der Waals surface area (Å²) in [7, 11) is 0. The number of ether oxygens (including phenoxy) is 1. The van der Waals surface area contributed by atoms with Crippen molar-refractivity contribution >= 4 is 10.8 Å². The van der Waals surface area contributed by atoms with Crippen LogP contribution in [0.5, 0.6) is 0 Å². The minimum absolute atomic E-state index is 0.317. The molecule has 2 nitrogen and oxygen atoms in total. The van der Waals surface area contributed by atoms with E-state index in [0.29, 0.717) is 13.2 Å². The summed E-state index contributed by atoms with van der Waals surface area (Å²) in [4.78, 5) is 0. The molecule has 2 aromatic rings. The Morgan fingerprint density at radius 2 is 1.82 bits per heavy atom. The zero-order chi connectivity index (χ0) is 12.3. The molecule has 0 aliphatic rings. The molecule has 0 bridgehead atoms. The predicted octanol–water partition coefficient (Wildman–Crippen LogP) is 3.08. The highest BCUT2D eigenvalue weighted by Gasteiger charge is 2.24. The third-order valence-corrected chi connectivity index (χ3v) is 2.96. The molecule has 0 heterocycles. The number of fused-ring (bicyclic) bond motifs is 1. The molecule has 0 aliphatic heterocycles. The minimum Gasteiger partial charge on any atom is -0.383 e. The molecular weight excluding hydrogens is 212 g/mol. The summed E-state index contributed by atoms with van der Waals surface area (Å²) in [5.74, 6) is 0. The van der Waals surface area contributed by atoms with Crippen molar-refractivity contribution in [2.45, 2.75) is 19.4 Å². The molecule has 90 valence electrons. The van der Waals surface area contributed by atoms with E-state index < -0.39 is 5.60 Å². The maximum atomic E-state index is 10.5. The van der Waals surface area contributed by atoms with Crippen molar-refractivity contribution in [3.8, 4) is 0 Å². The van der Waals surface area contributed by atoms with Gasteiger partial charge in [-0.2, -0.15) is 0 Å². The summed E-state index contributed by atoms with van der Waals surface area (Å²) in [6.45, 7) is 4.65. The van der Waals surface area contributed by atoms with E-state index in [4.69, 9.17) is 4.74 Å². The fourth-order valence-corrected chi connectivity index (χ4v) is 2.07. The maximum Gasteiger partial charge on any atom is 0.111 e. The number of hydrogen-bond acceptors (Lipinski definition) is 2. The Hall–Kier alpha value is -1.38. The Morgan fingerprint density at radius 1 is 1.12 bits per heavy atom. The van der Waals surface area contributed by atoms with Gasteiger partial charge in [0.05, 0.1) is 6.61 Å². The normalized spacial score (nSPS) is 14.8. The summed E-state index contributed by atoms with van der Waals surface area (Å²) in [5.41, 5.74) is -0.0271. The van der Waals surface area contributed by atoms with Crippen LogP contribution in [0.4, 0.5) is 0 Å². The van der Waals surface area contributed by atoms with E-state index in [1.807, 2.05) is 37.3 Å². The fourth-order valence-electron chi connectivity index (χ4n) is 2.07. The van der Waals surface area contributed by atoms with Crippen molar-refractivity contribution in [2.75, 3.05) is 13.2 Å². The lowest BCUT2D eigenvalue weighted by Crippen LogP contribution is -2.28. The van der Waals surface area contributed by atoms with Crippen molar-refractivity contribution in [1.29, 1.82) is 0 Å². The summed E-state index contributed by atoms with van der Waals surface area (Å²) < 4.78 is 5.35. The van der Waals surface area contributed by atoms with Crippen LogP contribution in [0, 0.1) is 0 Å². The smallest absolute Gasteiger partial charge is 0.111 e. The molecule has 1 N–H and O–H groups in total. The Morgan fingerprint density at radius 3 is 2.59 bits per heavy atom. The van der Waals surface area contributed by atoms with Gasteiger partial charge in [-0.1, -0.05) is 42.5 Å². The first-order chi connectivity index (χ1) is 8.15. The average Bonchev–Trinajstić information content (AvgIpc) is 2.36. The summed E-state index contributed by atoms with van der Waals surface area (Å²) >= 11 is 0. The third-order valence-electron chi connectivity index (χ3n) is 2.96. The molecule has 0 amide bonds. The van der Waals surface area contributed by atoms with Crippen LogP contribution in [-0.4, -0.2) is 18.3 Å². The van der Waals surface area contributed by atoms with E-state index in [0.717, 1.165) is 16.3 Å². The molecule has 1 atom stereocenters. The second kappa shape index (κ2) is 4.86. The summed E-state index contributed by atoms with van der Waals surface area (Å²) in [6.07, 6.45) is 0. The Kier molecular flexibility index (Phi) is 3.46. The van der Waals surface area contributed by atoms with Crippen LogP contribution in [0.25, 0.3) is 10.8 Å². The van der Waals surface area contributed by atoms with E-state index in [-0.39, 0.29) is 0 Å². The second-order valence-electron chi connectivity index (χ2n) is 4.44. The van der Waals surface area contributed by atoms with Crippen molar-refractivity contribution in [2.24, 2.45) is 0 Å². The number of aliphatic hydroxyl groups is 1. The first-order valence-electron chi connectivity index (χ1n) is 5.93. The quantitative estimate of drug-likeness (QED) is 0.874. The Bertz CT molecular complexity index is 498. The van der Waals surface area contributed by atoms with Crippen LogP contribution < -0.4 is 0 Å². The highest BCUT2D eigenvalue weighted by atomic mass is 16.5. The minimum atomic E-state index is -0.948. The molecule has 17 heavy (non-hydrogen) atoms. The molecule has 0 saturated carbocycles. The largest absolute Gasteiger partial charge is 0.383 e. The lowest BCUT2D eigenvalue weighted by atomic mass is 9.91. The summed E-state index contributed by atoms with van der Waals surface area (Å²) in [5, 5.41) is 12.7. The number of rotatable bonds is 4. The molecule has 2 aromatic carbocycles. The monoisotopic (exact) mass is 230 g/mol. The summed E-state index contributed by atoms with van der Waals surface area (Å²) in [6, 6.07) is 14.1. The molecule has 0 saturated heterocycles. The molecule has 2 rings (SSSR count). The van der Waals surface area contributed by atoms with Gasteiger partial charge in [0, 0.05) is 6.61 Å². The molecule has 0 aliphatic carbocycles. The van der Waals surface area contributed by atoms with Crippen molar-refractivity contribution in [1.82, 2.24) is 0 Å². The standard InChI is InChI=1S/C15H18O2/c1-3-17-11-15(2,16)14-10-6-8-12-7-4-5-9-13(12)14/h4-10,16H,3,11H2,1-2H3. The van der Waals surface area contributed by atoms with Crippen molar-refractivity contribution in [3.05, 3.63) is 48.0 Å². The van der Waals surface area contributed by atoms with Crippen molar-refractivity contribution < 1.29 is 9.84 Å². The molecule has 0 aromatic heterocycles. The molecule has 0 radical (unpaired) electrons. The van der Waals surface area contributed by atoms with Gasteiger partial charge in [-0.3, -0.25) is 0 Å². The third kappa shape index (κ3) is 2.48. The van der Waals surface area contributed by atoms with E-state index in [2.05, 4.69) is 12.1 Å². The molecular formula is C15H18O2. The van der Waals surface area contributed by atoms with Gasteiger partial charge in [0.2, 0.25) is 0 Å². The van der Waals surface area contributed by atoms with Crippen LogP contribution in [0.2, 0.25) is 0 Å². The topological polar surface area (TPSA) is 29.5 Å². The van der Waals surface area contributed by atoms with Gasteiger partial charge in [-0.15, -0.1) is 0 Å². The van der Waals surface area contributed by atoms with E-state index in [1.165, 1.54) is 0 Å². The van der Waals surface area contributed by atoms with Crippen LogP contribution in [0.1, 0.15) is 19.4 Å². The molecule has 0 spiro atoms. The first-order valence-corrected chi connectivity index (χ1v) is 5.93. The Labute approximate surface area is 102 Å². The van der Waals surface area contributed by atoms with Crippen LogP contribution in [0.3, 0.4) is 0 Å². The predicted molar refractivity (Wildman–Crippen MR) is 70.0 cm³/mol. The second-order valence-corrected chi connectivity index (χ2v) is 4.44. The van der Waals surface area contributed by atoms with Crippen LogP contribution in [-0.2, 0) is 10.3 Å². The van der Waals surface area contributed by atoms with Crippen LogP contribution in [0.15, 0.2) is 42.5 Å². The lowest BCUT2D eigenvalue weighted by molar-refractivity contribution is -0.0333. The molecule has 0 fully saturated rings. The number of benzene rings is 2. The average molecular weight is 230 g/mol. The lowest BCUT2D eigenvalue weighted by Gasteiger charge is -2.25. The molecule has 1 unspecified atom stereocenters. The highest BCUT2D eigenvalue weighted by Crippen LogP contribution is 2.28. The van der Waals surface area contributed by atoms with Crippen LogP contribution >= 0.6 is 0 Å². The van der Waals surface area contributed by atoms with Gasteiger partial charge >= 0.3 is 0 Å². The van der Waals surface area contributed by atoms with Gasteiger partial charge in [0.1, 0.15) is 5.60 Å². The van der Waals surface area contributed by atoms with Crippen molar-refractivity contribution in [3.63, 3.8) is 0 Å². The zero-order valence-electron chi connectivity index (χ0n) is 10.3. The van der Waals surface area contributed by atoms with E-state index in [9.17, 15) is 5.11 Å². The highest BCUT2D eigenvalue weighted by molar-refractivity contribution is 5.86. The van der Waals surface area contributed by atoms with Gasteiger partial charge in [0.15, 0.2) is 0 Å². The molecule has 2 heteroatoms. The zero-order valence-corrected chi connectivity index (χ0v) is 10.3. The van der Waals surface area contributed by atoms with Gasteiger partial charge in [-0.25, -0.2) is 0 Å². The first kappa shape index (κ1) is 12.1. The maximum absolute atomic E-state index is 10.5. The van der Waals surface area contributed by atoms with Gasteiger partial charge in [0.25, 0.3) is 0 Å². The Balaban J connectivity index is 2.47. The fraction of sp³-hybridized carbons (Fsp3) is 0.333. The van der Waals surface area contributed by atoms with Gasteiger partial charge < -0.3 is 9.84 Å². The SMILES string of the molecule is CCOCC(C)(O)c1cccc2ccccc12.